The molecule has 1 fully saturated rings. The zero-order valence-electron chi connectivity index (χ0n) is 15.4. The Bertz CT molecular complexity index is 1160. The van der Waals surface area contributed by atoms with E-state index in [0.29, 0.717) is 18.5 Å². The first kappa shape index (κ1) is 18.6. The maximum Gasteiger partial charge on any atom is 0.297 e. The summed E-state index contributed by atoms with van der Waals surface area (Å²) in [4.78, 5) is 15.3. The molecule has 146 valence electrons. The van der Waals surface area contributed by atoms with E-state index in [2.05, 4.69) is 4.98 Å². The SMILES string of the molecule is Cc1ccc(S(=O)(=O)OC2CC(c3nc4ccc([N+](=O)[O-])cn4c3C)C2)cc1. The van der Waals surface area contributed by atoms with Gasteiger partial charge >= 0.3 is 0 Å². The fourth-order valence-corrected chi connectivity index (χ4v) is 4.57. The van der Waals surface area contributed by atoms with Crippen LogP contribution in [-0.2, 0) is 14.3 Å². The van der Waals surface area contributed by atoms with Crippen molar-refractivity contribution in [1.29, 1.82) is 0 Å². The summed E-state index contributed by atoms with van der Waals surface area (Å²) in [6.07, 6.45) is 2.14. The van der Waals surface area contributed by atoms with E-state index in [-0.39, 0.29) is 16.5 Å². The third kappa shape index (κ3) is 3.27. The standard InChI is InChI=1S/C19H19N3O5S/c1-12-3-6-17(7-4-12)28(25,26)27-16-9-14(10-16)19-13(2)21-11-15(22(23)24)5-8-18(21)20-19/h3-8,11,14,16H,9-10H2,1-2H3. The number of imidazole rings is 1. The van der Waals surface area contributed by atoms with E-state index in [1.54, 1.807) is 34.7 Å². The van der Waals surface area contributed by atoms with Crippen LogP contribution in [0, 0.1) is 24.0 Å². The summed E-state index contributed by atoms with van der Waals surface area (Å²) in [6, 6.07) is 9.59. The van der Waals surface area contributed by atoms with Crippen molar-refractivity contribution >= 4 is 21.5 Å². The molecule has 0 unspecified atom stereocenters. The summed E-state index contributed by atoms with van der Waals surface area (Å²) < 4.78 is 31.8. The number of benzene rings is 1. The average Bonchev–Trinajstić information content (AvgIpc) is 2.94. The Balaban J connectivity index is 1.48. The minimum atomic E-state index is -3.79. The molecule has 1 aromatic carbocycles. The molecule has 0 aliphatic heterocycles. The predicted molar refractivity (Wildman–Crippen MR) is 102 cm³/mol. The van der Waals surface area contributed by atoms with Gasteiger partial charge < -0.3 is 0 Å². The van der Waals surface area contributed by atoms with Crippen LogP contribution in [0.1, 0.15) is 35.7 Å². The third-order valence-corrected chi connectivity index (χ3v) is 6.52. The first-order valence-electron chi connectivity index (χ1n) is 8.87. The van der Waals surface area contributed by atoms with Crippen LogP contribution in [0.2, 0.25) is 0 Å². The smallest absolute Gasteiger partial charge is 0.297 e. The van der Waals surface area contributed by atoms with Crippen molar-refractivity contribution in [2.24, 2.45) is 0 Å². The second-order valence-electron chi connectivity index (χ2n) is 7.11. The third-order valence-electron chi connectivity index (χ3n) is 5.14. The number of rotatable bonds is 5. The van der Waals surface area contributed by atoms with E-state index >= 15 is 0 Å². The molecule has 2 heterocycles. The van der Waals surface area contributed by atoms with Crippen LogP contribution in [0.4, 0.5) is 5.69 Å². The minimum absolute atomic E-state index is 0.00133. The molecule has 0 spiro atoms. The van der Waals surface area contributed by atoms with Crippen molar-refractivity contribution in [3.63, 3.8) is 0 Å². The van der Waals surface area contributed by atoms with Crippen LogP contribution in [0.3, 0.4) is 0 Å². The molecule has 0 bridgehead atoms. The van der Waals surface area contributed by atoms with Gasteiger partial charge in [0.05, 0.1) is 27.8 Å². The van der Waals surface area contributed by atoms with Gasteiger partial charge in [-0.05, 0) is 44.9 Å². The van der Waals surface area contributed by atoms with Gasteiger partial charge in [-0.15, -0.1) is 0 Å². The fraction of sp³-hybridized carbons (Fsp3) is 0.316. The van der Waals surface area contributed by atoms with E-state index in [0.717, 1.165) is 17.0 Å². The molecule has 3 aromatic rings. The summed E-state index contributed by atoms with van der Waals surface area (Å²) >= 11 is 0. The van der Waals surface area contributed by atoms with Gasteiger partial charge in [0.1, 0.15) is 5.65 Å². The molecule has 0 radical (unpaired) electrons. The van der Waals surface area contributed by atoms with E-state index in [4.69, 9.17) is 4.18 Å². The summed E-state index contributed by atoms with van der Waals surface area (Å²) in [7, 11) is -3.79. The molecule has 8 nitrogen and oxygen atoms in total. The average molecular weight is 401 g/mol. The molecule has 0 amide bonds. The Morgan fingerprint density at radius 2 is 1.82 bits per heavy atom. The molecule has 1 aliphatic carbocycles. The lowest BCUT2D eigenvalue weighted by atomic mass is 9.79. The van der Waals surface area contributed by atoms with Crippen molar-refractivity contribution in [1.82, 2.24) is 9.38 Å². The van der Waals surface area contributed by atoms with Crippen LogP contribution >= 0.6 is 0 Å². The number of fused-ring (bicyclic) bond motifs is 1. The predicted octanol–water partition coefficient (Wildman–Crippen LogP) is 3.51. The molecule has 28 heavy (non-hydrogen) atoms. The lowest BCUT2D eigenvalue weighted by Crippen LogP contribution is -2.32. The first-order chi connectivity index (χ1) is 13.2. The molecule has 1 aliphatic rings. The summed E-state index contributed by atoms with van der Waals surface area (Å²) in [6.45, 7) is 3.75. The van der Waals surface area contributed by atoms with Gasteiger partial charge in [0.15, 0.2) is 0 Å². The summed E-state index contributed by atoms with van der Waals surface area (Å²) in [5.41, 5.74) is 3.26. The topological polar surface area (TPSA) is 104 Å². The Morgan fingerprint density at radius 1 is 1.14 bits per heavy atom. The van der Waals surface area contributed by atoms with Gasteiger partial charge in [-0.1, -0.05) is 17.7 Å². The number of aromatic nitrogens is 2. The highest BCUT2D eigenvalue weighted by molar-refractivity contribution is 7.86. The molecular formula is C19H19N3O5S. The van der Waals surface area contributed by atoms with Crippen molar-refractivity contribution in [2.45, 2.75) is 43.6 Å². The van der Waals surface area contributed by atoms with E-state index in [1.807, 2.05) is 13.8 Å². The van der Waals surface area contributed by atoms with E-state index in [1.165, 1.54) is 12.3 Å². The Hall–Kier alpha value is -2.78. The summed E-state index contributed by atoms with van der Waals surface area (Å²) in [5.74, 6) is 0.0668. The van der Waals surface area contributed by atoms with Crippen molar-refractivity contribution in [3.05, 3.63) is 69.7 Å². The number of nitrogens with zero attached hydrogens (tertiary/aromatic N) is 3. The van der Waals surface area contributed by atoms with Gasteiger partial charge in [0, 0.05) is 17.7 Å². The fourth-order valence-electron chi connectivity index (χ4n) is 3.47. The quantitative estimate of drug-likeness (QED) is 0.368. The van der Waals surface area contributed by atoms with E-state index in [9.17, 15) is 18.5 Å². The normalized spacial score (nSPS) is 19.5. The number of hydrogen-bond acceptors (Lipinski definition) is 6. The molecule has 2 aromatic heterocycles. The molecule has 0 N–H and O–H groups in total. The molecule has 9 heteroatoms. The monoisotopic (exact) mass is 401 g/mol. The second-order valence-corrected chi connectivity index (χ2v) is 8.68. The number of pyridine rings is 1. The largest absolute Gasteiger partial charge is 0.297 e. The van der Waals surface area contributed by atoms with E-state index < -0.39 is 21.1 Å². The van der Waals surface area contributed by atoms with Gasteiger partial charge in [0.2, 0.25) is 0 Å². The first-order valence-corrected chi connectivity index (χ1v) is 10.3. The Kier molecular flexibility index (Phi) is 4.43. The Labute approximate surface area is 162 Å². The summed E-state index contributed by atoms with van der Waals surface area (Å²) in [5, 5.41) is 11.0. The number of aryl methyl sites for hydroxylation is 2. The minimum Gasteiger partial charge on any atom is -0.297 e. The van der Waals surface area contributed by atoms with Crippen LogP contribution in [0.15, 0.2) is 47.5 Å². The maximum atomic E-state index is 12.4. The second kappa shape index (κ2) is 6.68. The lowest BCUT2D eigenvalue weighted by Gasteiger charge is -2.33. The number of nitro groups is 1. The lowest BCUT2D eigenvalue weighted by molar-refractivity contribution is -0.385. The highest BCUT2D eigenvalue weighted by atomic mass is 32.2. The molecule has 4 rings (SSSR count). The van der Waals surface area contributed by atoms with Crippen molar-refractivity contribution < 1.29 is 17.5 Å². The van der Waals surface area contributed by atoms with Crippen LogP contribution in [-0.4, -0.2) is 28.8 Å². The van der Waals surface area contributed by atoms with Gasteiger partial charge in [0.25, 0.3) is 15.8 Å². The zero-order valence-corrected chi connectivity index (χ0v) is 16.2. The molecule has 1 saturated carbocycles. The van der Waals surface area contributed by atoms with Gasteiger partial charge in [-0.3, -0.25) is 18.7 Å². The number of hydrogen-bond donors (Lipinski definition) is 0. The molecule has 0 saturated heterocycles. The molecular weight excluding hydrogens is 382 g/mol. The maximum absolute atomic E-state index is 12.4. The Morgan fingerprint density at radius 3 is 2.46 bits per heavy atom. The van der Waals surface area contributed by atoms with Crippen LogP contribution in [0.5, 0.6) is 0 Å². The van der Waals surface area contributed by atoms with Gasteiger partial charge in [-0.2, -0.15) is 8.42 Å². The van der Waals surface area contributed by atoms with Crippen molar-refractivity contribution in [2.75, 3.05) is 0 Å². The van der Waals surface area contributed by atoms with Crippen molar-refractivity contribution in [3.8, 4) is 0 Å². The highest BCUT2D eigenvalue weighted by Crippen LogP contribution is 2.41. The van der Waals surface area contributed by atoms with Crippen LogP contribution in [0.25, 0.3) is 5.65 Å². The van der Waals surface area contributed by atoms with Gasteiger partial charge in [-0.25, -0.2) is 4.98 Å². The zero-order chi connectivity index (χ0) is 20.1. The highest BCUT2D eigenvalue weighted by Gasteiger charge is 2.37. The molecule has 0 atom stereocenters. The van der Waals surface area contributed by atoms with Crippen LogP contribution < -0.4 is 0 Å².